The number of hydrogen-bond acceptors (Lipinski definition) is 3. The highest BCUT2D eigenvalue weighted by Crippen LogP contribution is 2.32. The third-order valence-electron chi connectivity index (χ3n) is 5.90. The van der Waals surface area contributed by atoms with Gasteiger partial charge in [0.1, 0.15) is 0 Å². The second-order valence-electron chi connectivity index (χ2n) is 7.92. The minimum Gasteiger partial charge on any atom is -0.290 e. The Balaban J connectivity index is 1.60. The van der Waals surface area contributed by atoms with Gasteiger partial charge >= 0.3 is 0 Å². The van der Waals surface area contributed by atoms with Crippen molar-refractivity contribution in [2.45, 2.75) is 24.8 Å². The van der Waals surface area contributed by atoms with Gasteiger partial charge in [-0.25, -0.2) is 8.42 Å². The fourth-order valence-corrected chi connectivity index (χ4v) is 5.62. The average Bonchev–Trinajstić information content (AvgIpc) is 2.77. The molecule has 0 aliphatic carbocycles. The molecule has 0 saturated carbocycles. The Kier molecular flexibility index (Phi) is 6.04. The molecule has 0 radical (unpaired) electrons. The highest BCUT2D eigenvalue weighted by molar-refractivity contribution is 7.89. The lowest BCUT2D eigenvalue weighted by Gasteiger charge is -2.39. The van der Waals surface area contributed by atoms with E-state index in [0.29, 0.717) is 31.1 Å². The van der Waals surface area contributed by atoms with Crippen LogP contribution in [0.4, 0.5) is 0 Å². The molecule has 1 atom stereocenters. The van der Waals surface area contributed by atoms with Gasteiger partial charge in [-0.05, 0) is 42.7 Å². The molecule has 1 fully saturated rings. The lowest BCUT2D eigenvalue weighted by Crippen LogP contribution is -2.49. The fraction of sp³-hybridized carbons (Fsp3) is 0.280. The molecule has 0 spiro atoms. The number of rotatable bonds is 5. The van der Waals surface area contributed by atoms with Gasteiger partial charge in [-0.15, -0.1) is 0 Å². The van der Waals surface area contributed by atoms with Crippen LogP contribution in [0, 0.1) is 13.8 Å². The van der Waals surface area contributed by atoms with Crippen molar-refractivity contribution in [2.24, 2.45) is 0 Å². The van der Waals surface area contributed by atoms with E-state index in [4.69, 9.17) is 0 Å². The van der Waals surface area contributed by atoms with E-state index in [2.05, 4.69) is 67.3 Å². The molecular weight excluding hydrogens is 392 g/mol. The first-order chi connectivity index (χ1) is 14.5. The van der Waals surface area contributed by atoms with E-state index in [9.17, 15) is 8.42 Å². The molecule has 1 heterocycles. The molecule has 1 aliphatic rings. The number of piperazine rings is 1. The summed E-state index contributed by atoms with van der Waals surface area (Å²) in [6.45, 7) is 6.61. The number of sulfonamides is 1. The predicted molar refractivity (Wildman–Crippen MR) is 121 cm³/mol. The van der Waals surface area contributed by atoms with Crippen molar-refractivity contribution >= 4 is 10.0 Å². The SMILES string of the molecule is Cc1ccc([C@@H](c2ccccc2C)N2CCN(S(=O)(=O)c3ccccc3)CC2)cc1. The Morgan fingerprint density at radius 2 is 1.33 bits per heavy atom. The van der Waals surface area contributed by atoms with Crippen LogP contribution in [0.15, 0.2) is 83.8 Å². The van der Waals surface area contributed by atoms with Crippen molar-refractivity contribution in [1.29, 1.82) is 0 Å². The van der Waals surface area contributed by atoms with Crippen LogP contribution < -0.4 is 0 Å². The molecule has 0 N–H and O–H groups in total. The second-order valence-corrected chi connectivity index (χ2v) is 9.86. The number of nitrogens with zero attached hydrogens (tertiary/aromatic N) is 2. The smallest absolute Gasteiger partial charge is 0.243 e. The maximum absolute atomic E-state index is 13.0. The zero-order chi connectivity index (χ0) is 21.1. The Morgan fingerprint density at radius 1 is 0.733 bits per heavy atom. The second kappa shape index (κ2) is 8.72. The van der Waals surface area contributed by atoms with Crippen molar-refractivity contribution in [2.75, 3.05) is 26.2 Å². The van der Waals surface area contributed by atoms with E-state index in [1.807, 2.05) is 6.07 Å². The highest BCUT2D eigenvalue weighted by atomic mass is 32.2. The van der Waals surface area contributed by atoms with Gasteiger partial charge < -0.3 is 0 Å². The van der Waals surface area contributed by atoms with Gasteiger partial charge in [-0.1, -0.05) is 72.3 Å². The van der Waals surface area contributed by atoms with Gasteiger partial charge in [0.25, 0.3) is 0 Å². The van der Waals surface area contributed by atoms with Gasteiger partial charge in [0.15, 0.2) is 0 Å². The average molecular weight is 421 g/mol. The quantitative estimate of drug-likeness (QED) is 0.614. The largest absolute Gasteiger partial charge is 0.290 e. The molecular formula is C25H28N2O2S. The Labute approximate surface area is 179 Å². The fourth-order valence-electron chi connectivity index (χ4n) is 4.17. The first kappa shape index (κ1) is 20.8. The van der Waals surface area contributed by atoms with Crippen LogP contribution in [0.1, 0.15) is 28.3 Å². The van der Waals surface area contributed by atoms with Gasteiger partial charge in [0, 0.05) is 26.2 Å². The molecule has 0 bridgehead atoms. The molecule has 1 saturated heterocycles. The van der Waals surface area contributed by atoms with Gasteiger partial charge in [-0.3, -0.25) is 4.90 Å². The van der Waals surface area contributed by atoms with Gasteiger partial charge in [-0.2, -0.15) is 4.31 Å². The van der Waals surface area contributed by atoms with E-state index in [0.717, 1.165) is 0 Å². The molecule has 4 rings (SSSR count). The molecule has 30 heavy (non-hydrogen) atoms. The normalized spacial score (nSPS) is 17.0. The zero-order valence-corrected chi connectivity index (χ0v) is 18.3. The van der Waals surface area contributed by atoms with Crippen molar-refractivity contribution in [3.8, 4) is 0 Å². The van der Waals surface area contributed by atoms with Crippen molar-refractivity contribution in [3.63, 3.8) is 0 Å². The van der Waals surface area contributed by atoms with Crippen LogP contribution in [0.3, 0.4) is 0 Å². The molecule has 0 unspecified atom stereocenters. The summed E-state index contributed by atoms with van der Waals surface area (Å²) in [6.07, 6.45) is 0. The standard InChI is InChI=1S/C25H28N2O2S/c1-20-12-14-22(15-13-20)25(24-11-7-6-8-21(24)2)26-16-18-27(19-17-26)30(28,29)23-9-4-3-5-10-23/h3-15,25H,16-19H2,1-2H3/t25-/m0/s1. The summed E-state index contributed by atoms with van der Waals surface area (Å²) in [5.41, 5.74) is 5.01. The molecule has 0 aromatic heterocycles. The zero-order valence-electron chi connectivity index (χ0n) is 17.5. The van der Waals surface area contributed by atoms with Crippen LogP contribution in [0.25, 0.3) is 0 Å². The molecule has 4 nitrogen and oxygen atoms in total. The predicted octanol–water partition coefficient (Wildman–Crippen LogP) is 4.40. The Bertz CT molecular complexity index is 1090. The molecule has 3 aromatic carbocycles. The van der Waals surface area contributed by atoms with Gasteiger partial charge in [0.05, 0.1) is 10.9 Å². The minimum atomic E-state index is -3.45. The van der Waals surface area contributed by atoms with E-state index >= 15 is 0 Å². The maximum Gasteiger partial charge on any atom is 0.243 e. The minimum absolute atomic E-state index is 0.119. The lowest BCUT2D eigenvalue weighted by molar-refractivity contribution is 0.155. The summed E-state index contributed by atoms with van der Waals surface area (Å²) in [7, 11) is -3.45. The molecule has 1 aliphatic heterocycles. The summed E-state index contributed by atoms with van der Waals surface area (Å²) in [5, 5.41) is 0. The third kappa shape index (κ3) is 4.19. The molecule has 3 aromatic rings. The number of benzene rings is 3. The van der Waals surface area contributed by atoms with Crippen LogP contribution in [-0.4, -0.2) is 43.8 Å². The summed E-state index contributed by atoms with van der Waals surface area (Å²) >= 11 is 0. The number of aryl methyl sites for hydroxylation is 2. The van der Waals surface area contributed by atoms with Crippen LogP contribution in [0.2, 0.25) is 0 Å². The first-order valence-electron chi connectivity index (χ1n) is 10.4. The highest BCUT2D eigenvalue weighted by Gasteiger charge is 2.32. The molecule has 156 valence electrons. The summed E-state index contributed by atoms with van der Waals surface area (Å²) in [4.78, 5) is 2.77. The topological polar surface area (TPSA) is 40.6 Å². The van der Waals surface area contributed by atoms with Crippen molar-refractivity contribution in [1.82, 2.24) is 9.21 Å². The van der Waals surface area contributed by atoms with Crippen molar-refractivity contribution < 1.29 is 8.42 Å². The Morgan fingerprint density at radius 3 is 1.97 bits per heavy atom. The Hall–Kier alpha value is -2.47. The molecule has 5 heteroatoms. The monoisotopic (exact) mass is 420 g/mol. The van der Waals surface area contributed by atoms with E-state index in [1.165, 1.54) is 22.3 Å². The van der Waals surface area contributed by atoms with E-state index in [1.54, 1.807) is 28.6 Å². The summed E-state index contributed by atoms with van der Waals surface area (Å²) < 4.78 is 27.6. The van der Waals surface area contributed by atoms with Gasteiger partial charge in [0.2, 0.25) is 10.0 Å². The first-order valence-corrected chi connectivity index (χ1v) is 11.8. The van der Waals surface area contributed by atoms with Crippen LogP contribution >= 0.6 is 0 Å². The maximum atomic E-state index is 13.0. The summed E-state index contributed by atoms with van der Waals surface area (Å²) in [6, 6.07) is 26.0. The molecule has 0 amide bonds. The third-order valence-corrected chi connectivity index (χ3v) is 7.81. The van der Waals surface area contributed by atoms with E-state index in [-0.39, 0.29) is 6.04 Å². The summed E-state index contributed by atoms with van der Waals surface area (Å²) in [5.74, 6) is 0. The van der Waals surface area contributed by atoms with E-state index < -0.39 is 10.0 Å². The van der Waals surface area contributed by atoms with Crippen LogP contribution in [0.5, 0.6) is 0 Å². The number of hydrogen-bond donors (Lipinski definition) is 0. The van der Waals surface area contributed by atoms with Crippen LogP contribution in [-0.2, 0) is 10.0 Å². The van der Waals surface area contributed by atoms with Crippen molar-refractivity contribution in [3.05, 3.63) is 101 Å². The lowest BCUT2D eigenvalue weighted by atomic mass is 9.92.